The Balaban J connectivity index is 2.12. The number of nitrogen functional groups attached to an aromatic ring is 1. The van der Waals surface area contributed by atoms with Gasteiger partial charge in [-0.05, 0) is 37.5 Å². The maximum Gasteiger partial charge on any atom is 0.153 e. The Bertz CT molecular complexity index is 526. The van der Waals surface area contributed by atoms with Gasteiger partial charge in [-0.1, -0.05) is 0 Å². The summed E-state index contributed by atoms with van der Waals surface area (Å²) in [4.78, 5) is 4.34. The van der Waals surface area contributed by atoms with E-state index in [0.717, 1.165) is 17.2 Å². The molecule has 0 amide bonds. The average molecular weight is 214 g/mol. The van der Waals surface area contributed by atoms with Crippen molar-refractivity contribution in [2.24, 2.45) is 0 Å². The van der Waals surface area contributed by atoms with Gasteiger partial charge in [0, 0.05) is 12.1 Å². The van der Waals surface area contributed by atoms with Gasteiger partial charge in [-0.3, -0.25) is 0 Å². The molecule has 0 spiro atoms. The maximum absolute atomic E-state index is 5.95. The molecule has 0 atom stereocenters. The van der Waals surface area contributed by atoms with Crippen molar-refractivity contribution in [1.29, 1.82) is 0 Å². The number of rotatable bonds is 2. The van der Waals surface area contributed by atoms with Gasteiger partial charge in [-0.15, -0.1) is 0 Å². The molecule has 0 aromatic carbocycles. The van der Waals surface area contributed by atoms with Crippen molar-refractivity contribution in [1.82, 2.24) is 14.8 Å². The summed E-state index contributed by atoms with van der Waals surface area (Å²) in [6, 6.07) is 4.01. The second-order valence-corrected chi connectivity index (χ2v) is 4.36. The second kappa shape index (κ2) is 3.33. The Hall–Kier alpha value is -1.84. The number of pyridine rings is 1. The van der Waals surface area contributed by atoms with Crippen LogP contribution in [0.2, 0.25) is 0 Å². The van der Waals surface area contributed by atoms with Crippen molar-refractivity contribution >= 4 is 5.69 Å². The van der Waals surface area contributed by atoms with Gasteiger partial charge >= 0.3 is 0 Å². The average Bonchev–Trinajstić information content (AvgIpc) is 3.02. The first kappa shape index (κ1) is 9.39. The number of hydrogen-bond acceptors (Lipinski definition) is 3. The maximum atomic E-state index is 5.95. The van der Waals surface area contributed by atoms with Gasteiger partial charge in [-0.2, -0.15) is 5.10 Å². The first-order valence-corrected chi connectivity index (χ1v) is 5.52. The third-order valence-corrected chi connectivity index (χ3v) is 2.92. The zero-order valence-corrected chi connectivity index (χ0v) is 9.22. The van der Waals surface area contributed by atoms with E-state index in [1.165, 1.54) is 18.4 Å². The fourth-order valence-electron chi connectivity index (χ4n) is 1.95. The molecule has 16 heavy (non-hydrogen) atoms. The summed E-state index contributed by atoms with van der Waals surface area (Å²) < 4.78 is 1.88. The van der Waals surface area contributed by atoms with Crippen LogP contribution in [0, 0.1) is 6.92 Å². The molecule has 82 valence electrons. The normalized spacial score (nSPS) is 15.3. The highest BCUT2D eigenvalue weighted by Crippen LogP contribution is 2.43. The molecule has 0 aliphatic heterocycles. The van der Waals surface area contributed by atoms with Crippen LogP contribution in [0.4, 0.5) is 5.69 Å². The lowest BCUT2D eigenvalue weighted by molar-refractivity contribution is 0.784. The quantitative estimate of drug-likeness (QED) is 0.832. The lowest BCUT2D eigenvalue weighted by Crippen LogP contribution is -2.04. The van der Waals surface area contributed by atoms with E-state index in [2.05, 4.69) is 17.0 Å². The molecule has 0 bridgehead atoms. The fourth-order valence-corrected chi connectivity index (χ4v) is 1.95. The summed E-state index contributed by atoms with van der Waals surface area (Å²) in [5.74, 6) is 1.43. The smallest absolute Gasteiger partial charge is 0.153 e. The first-order valence-electron chi connectivity index (χ1n) is 5.52. The molecule has 2 aromatic rings. The fraction of sp³-hybridized carbons (Fsp3) is 0.333. The van der Waals surface area contributed by atoms with E-state index in [0.29, 0.717) is 5.92 Å². The van der Waals surface area contributed by atoms with E-state index in [9.17, 15) is 0 Å². The first-order chi connectivity index (χ1) is 7.75. The number of aryl methyl sites for hydroxylation is 1. The molecule has 0 saturated heterocycles. The number of anilines is 1. The van der Waals surface area contributed by atoms with Gasteiger partial charge in [0.1, 0.15) is 0 Å². The van der Waals surface area contributed by atoms with Crippen LogP contribution in [0.3, 0.4) is 0 Å². The second-order valence-electron chi connectivity index (χ2n) is 4.36. The van der Waals surface area contributed by atoms with Crippen LogP contribution in [0.5, 0.6) is 0 Å². The SMILES string of the molecule is Cc1ccnc(-n2ncc(N)c2C2CC2)c1. The molecule has 2 aromatic heterocycles. The van der Waals surface area contributed by atoms with Crippen LogP contribution in [-0.2, 0) is 0 Å². The van der Waals surface area contributed by atoms with Gasteiger partial charge < -0.3 is 5.73 Å². The molecule has 3 rings (SSSR count). The topological polar surface area (TPSA) is 56.7 Å². The third-order valence-electron chi connectivity index (χ3n) is 2.92. The summed E-state index contributed by atoms with van der Waals surface area (Å²) in [7, 11) is 0. The van der Waals surface area contributed by atoms with Gasteiger partial charge in [0.25, 0.3) is 0 Å². The highest BCUT2D eigenvalue weighted by Gasteiger charge is 2.30. The molecule has 4 nitrogen and oxygen atoms in total. The van der Waals surface area contributed by atoms with Crippen molar-refractivity contribution in [3.05, 3.63) is 35.8 Å². The number of aromatic nitrogens is 3. The Labute approximate surface area is 94.1 Å². The van der Waals surface area contributed by atoms with E-state index in [1.54, 1.807) is 12.4 Å². The van der Waals surface area contributed by atoms with E-state index >= 15 is 0 Å². The van der Waals surface area contributed by atoms with Gasteiger partial charge in [0.2, 0.25) is 0 Å². The van der Waals surface area contributed by atoms with Gasteiger partial charge in [0.15, 0.2) is 5.82 Å². The molecule has 1 aliphatic carbocycles. The molecule has 1 aliphatic rings. The molecule has 1 saturated carbocycles. The van der Waals surface area contributed by atoms with Crippen LogP contribution >= 0.6 is 0 Å². The molecular formula is C12H14N4. The summed E-state index contributed by atoms with van der Waals surface area (Å²) in [6.07, 6.45) is 5.94. The molecule has 2 heterocycles. The minimum atomic E-state index is 0.574. The third kappa shape index (κ3) is 1.46. The summed E-state index contributed by atoms with van der Waals surface area (Å²) >= 11 is 0. The van der Waals surface area contributed by atoms with Gasteiger partial charge in [-0.25, -0.2) is 9.67 Å². The van der Waals surface area contributed by atoms with E-state index in [1.807, 2.05) is 16.8 Å². The standard InChI is InChI=1S/C12H14N4/c1-8-4-5-14-11(6-8)16-12(9-2-3-9)10(13)7-15-16/h4-7,9H,2-3,13H2,1H3. The Morgan fingerprint density at radius 1 is 1.44 bits per heavy atom. The molecular weight excluding hydrogens is 200 g/mol. The summed E-state index contributed by atoms with van der Waals surface area (Å²) in [5.41, 5.74) is 9.03. The zero-order valence-electron chi connectivity index (χ0n) is 9.22. The molecule has 4 heteroatoms. The number of nitrogens with zero attached hydrogens (tertiary/aromatic N) is 3. The van der Waals surface area contributed by atoms with Crippen LogP contribution in [-0.4, -0.2) is 14.8 Å². The Kier molecular flexibility index (Phi) is 1.96. The highest BCUT2D eigenvalue weighted by molar-refractivity contribution is 5.48. The van der Waals surface area contributed by atoms with Crippen LogP contribution in [0.1, 0.15) is 30.0 Å². The van der Waals surface area contributed by atoms with Gasteiger partial charge in [0.05, 0.1) is 17.6 Å². The van der Waals surface area contributed by atoms with Crippen LogP contribution in [0.25, 0.3) is 5.82 Å². The van der Waals surface area contributed by atoms with Crippen LogP contribution < -0.4 is 5.73 Å². The number of hydrogen-bond donors (Lipinski definition) is 1. The predicted octanol–water partition coefficient (Wildman–Crippen LogP) is 2.04. The predicted molar refractivity (Wildman–Crippen MR) is 62.5 cm³/mol. The largest absolute Gasteiger partial charge is 0.396 e. The number of nitrogens with two attached hydrogens (primary N) is 1. The van der Waals surface area contributed by atoms with Crippen molar-refractivity contribution < 1.29 is 0 Å². The van der Waals surface area contributed by atoms with Crippen molar-refractivity contribution in [2.75, 3.05) is 5.73 Å². The van der Waals surface area contributed by atoms with E-state index in [4.69, 9.17) is 5.73 Å². The highest BCUT2D eigenvalue weighted by atomic mass is 15.3. The summed E-state index contributed by atoms with van der Waals surface area (Å²) in [6.45, 7) is 2.05. The van der Waals surface area contributed by atoms with Crippen LogP contribution in [0.15, 0.2) is 24.5 Å². The van der Waals surface area contributed by atoms with E-state index < -0.39 is 0 Å². The molecule has 2 N–H and O–H groups in total. The van der Waals surface area contributed by atoms with Crippen molar-refractivity contribution in [3.63, 3.8) is 0 Å². The minimum absolute atomic E-state index is 0.574. The Morgan fingerprint density at radius 3 is 2.94 bits per heavy atom. The summed E-state index contributed by atoms with van der Waals surface area (Å²) in [5, 5.41) is 4.32. The molecule has 0 unspecified atom stereocenters. The lowest BCUT2D eigenvalue weighted by Gasteiger charge is -2.06. The van der Waals surface area contributed by atoms with Crippen molar-refractivity contribution in [2.45, 2.75) is 25.7 Å². The molecule has 1 fully saturated rings. The minimum Gasteiger partial charge on any atom is -0.396 e. The molecule has 0 radical (unpaired) electrons. The Morgan fingerprint density at radius 2 is 2.25 bits per heavy atom. The van der Waals surface area contributed by atoms with Crippen molar-refractivity contribution in [3.8, 4) is 5.82 Å². The lowest BCUT2D eigenvalue weighted by atomic mass is 10.2. The monoisotopic (exact) mass is 214 g/mol. The van der Waals surface area contributed by atoms with E-state index in [-0.39, 0.29) is 0 Å². The zero-order chi connectivity index (χ0) is 11.1.